The van der Waals surface area contributed by atoms with Crippen LogP contribution in [0.25, 0.3) is 0 Å². The first kappa shape index (κ1) is 16.6. The van der Waals surface area contributed by atoms with Gasteiger partial charge in [-0.05, 0) is 6.42 Å². The molecule has 106 valence electrons. The van der Waals surface area contributed by atoms with Crippen LogP contribution in [0.4, 0.5) is 22.0 Å². The van der Waals surface area contributed by atoms with E-state index in [2.05, 4.69) is 0 Å². The first-order chi connectivity index (χ1) is 8.04. The van der Waals surface area contributed by atoms with Crippen LogP contribution in [0, 0.1) is 0 Å². The van der Waals surface area contributed by atoms with E-state index in [4.69, 9.17) is 5.11 Å². The number of carboxylic acid groups (broad SMARTS) is 1. The van der Waals surface area contributed by atoms with Gasteiger partial charge in [0.15, 0.2) is 0 Å². The molecule has 0 aromatic heterocycles. The van der Waals surface area contributed by atoms with Gasteiger partial charge < -0.3 is 10.4 Å². The van der Waals surface area contributed by atoms with E-state index in [0.29, 0.717) is 6.42 Å². The van der Waals surface area contributed by atoms with Crippen LogP contribution in [0.1, 0.15) is 26.2 Å². The van der Waals surface area contributed by atoms with Crippen molar-refractivity contribution in [1.82, 2.24) is 5.32 Å². The van der Waals surface area contributed by atoms with Crippen molar-refractivity contribution in [2.45, 2.75) is 44.3 Å². The van der Waals surface area contributed by atoms with Crippen LogP contribution in [-0.4, -0.2) is 35.1 Å². The van der Waals surface area contributed by atoms with Crippen molar-refractivity contribution in [3.63, 3.8) is 0 Å². The average molecular weight is 277 g/mol. The number of alkyl halides is 5. The zero-order valence-corrected chi connectivity index (χ0v) is 9.35. The van der Waals surface area contributed by atoms with Gasteiger partial charge in [0.05, 0.1) is 0 Å². The third kappa shape index (κ3) is 4.11. The molecule has 0 radical (unpaired) electrons. The number of carboxylic acids is 1. The summed E-state index contributed by atoms with van der Waals surface area (Å²) in [5.74, 6) is -9.92. The zero-order chi connectivity index (χ0) is 14.6. The van der Waals surface area contributed by atoms with E-state index < -0.39 is 30.0 Å². The molecule has 18 heavy (non-hydrogen) atoms. The maximum atomic E-state index is 12.5. The molecular formula is C9H12F5NO3. The van der Waals surface area contributed by atoms with Crippen LogP contribution < -0.4 is 5.32 Å². The Morgan fingerprint density at radius 2 is 1.72 bits per heavy atom. The van der Waals surface area contributed by atoms with Crippen molar-refractivity contribution in [3.05, 3.63) is 0 Å². The van der Waals surface area contributed by atoms with E-state index in [1.165, 1.54) is 5.32 Å². The fourth-order valence-corrected chi connectivity index (χ4v) is 1.04. The predicted molar refractivity (Wildman–Crippen MR) is 50.1 cm³/mol. The van der Waals surface area contributed by atoms with Gasteiger partial charge in [0.1, 0.15) is 6.04 Å². The summed E-state index contributed by atoms with van der Waals surface area (Å²) in [7, 11) is 0. The van der Waals surface area contributed by atoms with Crippen molar-refractivity contribution < 1.29 is 36.6 Å². The SMILES string of the molecule is CCCCC(NC(=O)C(F)(F)C(F)(F)F)C(=O)O. The third-order valence-electron chi connectivity index (χ3n) is 2.09. The Morgan fingerprint density at radius 1 is 1.22 bits per heavy atom. The Labute approximate surface area is 99.2 Å². The van der Waals surface area contributed by atoms with Crippen molar-refractivity contribution in [1.29, 1.82) is 0 Å². The van der Waals surface area contributed by atoms with Crippen LogP contribution in [-0.2, 0) is 9.59 Å². The molecule has 0 spiro atoms. The van der Waals surface area contributed by atoms with E-state index in [9.17, 15) is 31.5 Å². The molecule has 1 amide bonds. The number of hydrogen-bond acceptors (Lipinski definition) is 2. The summed E-state index contributed by atoms with van der Waals surface area (Å²) < 4.78 is 60.6. The van der Waals surface area contributed by atoms with Crippen LogP contribution in [0.5, 0.6) is 0 Å². The second kappa shape index (κ2) is 5.96. The Hall–Kier alpha value is -1.41. The summed E-state index contributed by atoms with van der Waals surface area (Å²) in [5.41, 5.74) is 0. The number of nitrogens with one attached hydrogen (secondary N) is 1. The lowest BCUT2D eigenvalue weighted by Gasteiger charge is -2.21. The molecule has 0 aromatic carbocycles. The molecule has 0 saturated heterocycles. The predicted octanol–water partition coefficient (Wildman–Crippen LogP) is 1.94. The van der Waals surface area contributed by atoms with Crippen molar-refractivity contribution in [2.24, 2.45) is 0 Å². The van der Waals surface area contributed by atoms with Gasteiger partial charge in [-0.2, -0.15) is 22.0 Å². The number of halogens is 5. The number of amides is 1. The minimum Gasteiger partial charge on any atom is -0.480 e. The normalized spacial score (nSPS) is 14.1. The molecule has 0 aliphatic heterocycles. The monoisotopic (exact) mass is 277 g/mol. The molecule has 0 bridgehead atoms. The lowest BCUT2D eigenvalue weighted by atomic mass is 10.1. The summed E-state index contributed by atoms with van der Waals surface area (Å²) >= 11 is 0. The minimum absolute atomic E-state index is 0.217. The molecule has 0 aliphatic carbocycles. The number of unbranched alkanes of at least 4 members (excludes halogenated alkanes) is 1. The van der Waals surface area contributed by atoms with E-state index in [1.807, 2.05) is 0 Å². The molecule has 0 heterocycles. The lowest BCUT2D eigenvalue weighted by Crippen LogP contribution is -2.54. The summed E-state index contributed by atoms with van der Waals surface area (Å²) in [4.78, 5) is 21.3. The summed E-state index contributed by atoms with van der Waals surface area (Å²) in [6.45, 7) is 1.67. The van der Waals surface area contributed by atoms with E-state index in [0.717, 1.165) is 0 Å². The van der Waals surface area contributed by atoms with E-state index in [1.54, 1.807) is 6.92 Å². The van der Waals surface area contributed by atoms with Gasteiger partial charge in [0.25, 0.3) is 0 Å². The standard InChI is InChI=1S/C9H12F5NO3/c1-2-3-4-5(6(16)17)15-7(18)8(10,11)9(12,13)14/h5H,2-4H2,1H3,(H,15,18)(H,16,17). The number of rotatable bonds is 6. The highest BCUT2D eigenvalue weighted by Gasteiger charge is 2.63. The maximum Gasteiger partial charge on any atom is 0.463 e. The zero-order valence-electron chi connectivity index (χ0n) is 9.35. The van der Waals surface area contributed by atoms with Crippen molar-refractivity contribution in [3.8, 4) is 0 Å². The van der Waals surface area contributed by atoms with Gasteiger partial charge in [-0.15, -0.1) is 0 Å². The first-order valence-corrected chi connectivity index (χ1v) is 5.02. The number of aliphatic carboxylic acids is 1. The quantitative estimate of drug-likeness (QED) is 0.729. The average Bonchev–Trinajstić information content (AvgIpc) is 2.21. The highest BCUT2D eigenvalue weighted by molar-refractivity contribution is 5.88. The molecule has 1 unspecified atom stereocenters. The Morgan fingerprint density at radius 3 is 2.06 bits per heavy atom. The second-order valence-corrected chi connectivity index (χ2v) is 3.58. The fourth-order valence-electron chi connectivity index (χ4n) is 1.04. The Kier molecular flexibility index (Phi) is 5.50. The molecule has 2 N–H and O–H groups in total. The largest absolute Gasteiger partial charge is 0.480 e. The highest BCUT2D eigenvalue weighted by atomic mass is 19.4. The summed E-state index contributed by atoms with van der Waals surface area (Å²) in [6.07, 6.45) is -5.49. The van der Waals surface area contributed by atoms with E-state index in [-0.39, 0.29) is 12.8 Å². The molecular weight excluding hydrogens is 265 g/mol. The van der Waals surface area contributed by atoms with Gasteiger partial charge in [0, 0.05) is 0 Å². The molecule has 0 saturated carbocycles. The maximum absolute atomic E-state index is 12.5. The minimum atomic E-state index is -6.05. The Bertz CT molecular complexity index is 316. The lowest BCUT2D eigenvalue weighted by molar-refractivity contribution is -0.270. The van der Waals surface area contributed by atoms with Crippen LogP contribution in [0.2, 0.25) is 0 Å². The summed E-state index contributed by atoms with van der Waals surface area (Å²) in [5, 5.41) is 9.77. The summed E-state index contributed by atoms with van der Waals surface area (Å²) in [6, 6.07) is -1.76. The second-order valence-electron chi connectivity index (χ2n) is 3.58. The van der Waals surface area contributed by atoms with Crippen molar-refractivity contribution in [2.75, 3.05) is 0 Å². The van der Waals surface area contributed by atoms with Gasteiger partial charge in [0.2, 0.25) is 0 Å². The van der Waals surface area contributed by atoms with Crippen LogP contribution in [0.3, 0.4) is 0 Å². The van der Waals surface area contributed by atoms with Gasteiger partial charge in [-0.25, -0.2) is 4.79 Å². The number of hydrogen-bond donors (Lipinski definition) is 2. The third-order valence-corrected chi connectivity index (χ3v) is 2.09. The molecule has 4 nitrogen and oxygen atoms in total. The molecule has 0 aliphatic rings. The topological polar surface area (TPSA) is 66.4 Å². The van der Waals surface area contributed by atoms with Gasteiger partial charge >= 0.3 is 24.0 Å². The highest BCUT2D eigenvalue weighted by Crippen LogP contribution is 2.35. The first-order valence-electron chi connectivity index (χ1n) is 5.02. The number of carbonyl (C=O) groups is 2. The fraction of sp³-hybridized carbons (Fsp3) is 0.778. The van der Waals surface area contributed by atoms with Crippen LogP contribution >= 0.6 is 0 Å². The van der Waals surface area contributed by atoms with Crippen molar-refractivity contribution >= 4 is 11.9 Å². The molecule has 0 fully saturated rings. The molecule has 0 aromatic rings. The van der Waals surface area contributed by atoms with Gasteiger partial charge in [-0.3, -0.25) is 4.79 Å². The molecule has 9 heteroatoms. The Balaban J connectivity index is 4.75. The van der Waals surface area contributed by atoms with E-state index >= 15 is 0 Å². The molecule has 1 atom stereocenters. The number of carbonyl (C=O) groups excluding carboxylic acids is 1. The molecule has 0 rings (SSSR count). The smallest absolute Gasteiger partial charge is 0.463 e. The van der Waals surface area contributed by atoms with Gasteiger partial charge in [-0.1, -0.05) is 19.8 Å². The van der Waals surface area contributed by atoms with Crippen LogP contribution in [0.15, 0.2) is 0 Å².